The Morgan fingerprint density at radius 2 is 2.30 bits per heavy atom. The number of aromatic nitrogens is 1. The Kier molecular flexibility index (Phi) is 6.83. The molecule has 2 aliphatic carbocycles. The number of aliphatic hydroxyl groups is 1. The molecule has 27 heavy (non-hydrogen) atoms. The molecule has 2 saturated carbocycles. The summed E-state index contributed by atoms with van der Waals surface area (Å²) in [7, 11) is 0. The molecule has 0 bridgehead atoms. The summed E-state index contributed by atoms with van der Waals surface area (Å²) in [6.07, 6.45) is 4.62. The fourth-order valence-corrected chi connectivity index (χ4v) is 4.53. The average Bonchev–Trinajstić information content (AvgIpc) is 2.94. The quantitative estimate of drug-likeness (QED) is 0.492. The van der Waals surface area contributed by atoms with Crippen LogP contribution in [-0.2, 0) is 4.79 Å². The highest BCUT2D eigenvalue weighted by Gasteiger charge is 2.56. The third-order valence-corrected chi connectivity index (χ3v) is 6.21. The number of carbonyl (C=O) groups is 2. The van der Waals surface area contributed by atoms with Crippen molar-refractivity contribution in [1.82, 2.24) is 15.6 Å². The van der Waals surface area contributed by atoms with Crippen LogP contribution >= 0.6 is 11.3 Å². The molecule has 0 aliphatic heterocycles. The normalized spacial score (nSPS) is 24.7. The molecule has 2 aliphatic rings. The number of amides is 1. The van der Waals surface area contributed by atoms with Crippen LogP contribution in [0.15, 0.2) is 6.20 Å². The lowest BCUT2D eigenvalue weighted by atomic mass is 10.1. The first-order valence-corrected chi connectivity index (χ1v) is 10.6. The summed E-state index contributed by atoms with van der Waals surface area (Å²) in [5, 5.41) is 16.2. The highest BCUT2D eigenvalue weighted by molar-refractivity contribution is 7.15. The molecule has 0 radical (unpaired) electrons. The maximum absolute atomic E-state index is 12.2. The minimum absolute atomic E-state index is 0.136. The molecule has 4 unspecified atom stereocenters. The fraction of sp³-hybridized carbons (Fsp3) is 0.737. The van der Waals surface area contributed by atoms with E-state index >= 15 is 0 Å². The highest BCUT2D eigenvalue weighted by Crippen LogP contribution is 2.57. The van der Waals surface area contributed by atoms with Gasteiger partial charge in [0.1, 0.15) is 23.4 Å². The van der Waals surface area contributed by atoms with Crippen molar-refractivity contribution in [2.75, 3.05) is 19.7 Å². The number of Topliss-reactive ketones (excluding diaryl/α,β-unsaturated/α-hetero) is 1. The van der Waals surface area contributed by atoms with Gasteiger partial charge in [-0.05, 0) is 31.1 Å². The molecule has 3 rings (SSSR count). The van der Waals surface area contributed by atoms with Crippen molar-refractivity contribution < 1.29 is 19.4 Å². The molecule has 3 N–H and O–H groups in total. The van der Waals surface area contributed by atoms with E-state index in [0.717, 1.165) is 25.7 Å². The number of ether oxygens (including phenoxy) is 1. The van der Waals surface area contributed by atoms with Gasteiger partial charge in [0, 0.05) is 31.5 Å². The van der Waals surface area contributed by atoms with Gasteiger partial charge in [-0.15, -0.1) is 0 Å². The first kappa shape index (κ1) is 20.2. The summed E-state index contributed by atoms with van der Waals surface area (Å²) in [4.78, 5) is 28.4. The largest absolute Gasteiger partial charge is 0.467 e. The Labute approximate surface area is 163 Å². The van der Waals surface area contributed by atoms with Crippen LogP contribution in [0.25, 0.3) is 0 Å². The summed E-state index contributed by atoms with van der Waals surface area (Å²) in [6, 6.07) is 0.301. The second-order valence-corrected chi connectivity index (χ2v) is 8.77. The van der Waals surface area contributed by atoms with E-state index in [9.17, 15) is 14.7 Å². The Morgan fingerprint density at radius 3 is 3.00 bits per heavy atom. The summed E-state index contributed by atoms with van der Waals surface area (Å²) in [5.41, 5.74) is 0. The van der Waals surface area contributed by atoms with E-state index in [1.54, 1.807) is 0 Å². The summed E-state index contributed by atoms with van der Waals surface area (Å²) in [6.45, 7) is 5.21. The third-order valence-electron chi connectivity index (χ3n) is 5.30. The van der Waals surface area contributed by atoms with Gasteiger partial charge in [0.15, 0.2) is 0 Å². The lowest BCUT2D eigenvalue weighted by molar-refractivity contribution is -0.119. The number of nitrogens with zero attached hydrogens (tertiary/aromatic N) is 1. The number of fused-ring (bicyclic) bond motifs is 1. The first-order valence-electron chi connectivity index (χ1n) is 9.76. The van der Waals surface area contributed by atoms with Gasteiger partial charge in [0.2, 0.25) is 0 Å². The van der Waals surface area contributed by atoms with Gasteiger partial charge < -0.3 is 20.5 Å². The molecule has 8 heteroatoms. The maximum Gasteiger partial charge on any atom is 0.273 e. The molecule has 7 nitrogen and oxygen atoms in total. The molecule has 4 atom stereocenters. The summed E-state index contributed by atoms with van der Waals surface area (Å²) >= 11 is 1.18. The number of ketones is 1. The molecule has 150 valence electrons. The van der Waals surface area contributed by atoms with Crippen molar-refractivity contribution in [3.63, 3.8) is 0 Å². The molecule has 0 aromatic carbocycles. The van der Waals surface area contributed by atoms with Gasteiger partial charge in [0.25, 0.3) is 11.1 Å². The van der Waals surface area contributed by atoms with Crippen LogP contribution < -0.4 is 15.4 Å². The van der Waals surface area contributed by atoms with E-state index in [0.29, 0.717) is 52.7 Å². The molecule has 1 aromatic rings. The highest BCUT2D eigenvalue weighted by atomic mass is 32.1. The van der Waals surface area contributed by atoms with Gasteiger partial charge in [0.05, 0.1) is 6.20 Å². The second-order valence-electron chi connectivity index (χ2n) is 7.77. The molecule has 0 spiro atoms. The topological polar surface area (TPSA) is 101 Å². The van der Waals surface area contributed by atoms with Crippen molar-refractivity contribution in [3.8, 4) is 5.19 Å². The van der Waals surface area contributed by atoms with Crippen molar-refractivity contribution in [3.05, 3.63) is 11.1 Å². The van der Waals surface area contributed by atoms with Crippen LogP contribution in [0.1, 0.15) is 49.2 Å². The van der Waals surface area contributed by atoms with Crippen molar-refractivity contribution in [2.24, 2.45) is 17.8 Å². The molecule has 2 fully saturated rings. The zero-order chi connectivity index (χ0) is 19.4. The van der Waals surface area contributed by atoms with E-state index in [1.807, 2.05) is 13.8 Å². The Hall–Kier alpha value is -1.51. The van der Waals surface area contributed by atoms with Crippen LogP contribution in [0.2, 0.25) is 0 Å². The van der Waals surface area contributed by atoms with Gasteiger partial charge in [-0.3, -0.25) is 9.59 Å². The van der Waals surface area contributed by atoms with E-state index in [1.165, 1.54) is 17.5 Å². The lowest BCUT2D eigenvalue weighted by Gasteiger charge is -2.13. The van der Waals surface area contributed by atoms with Crippen LogP contribution in [0.5, 0.6) is 5.19 Å². The van der Waals surface area contributed by atoms with Crippen LogP contribution in [0, 0.1) is 17.8 Å². The zero-order valence-electron chi connectivity index (χ0n) is 15.9. The number of hydrogen-bond acceptors (Lipinski definition) is 7. The van der Waals surface area contributed by atoms with Gasteiger partial charge in [-0.25, -0.2) is 4.98 Å². The van der Waals surface area contributed by atoms with Crippen LogP contribution in [0.4, 0.5) is 0 Å². The number of carbonyl (C=O) groups excluding carboxylic acids is 2. The predicted octanol–water partition coefficient (Wildman–Crippen LogP) is 1.62. The number of rotatable bonds is 11. The first-order chi connectivity index (χ1) is 13.0. The molecule has 1 amide bonds. The molecular formula is C19H29N3O4S. The van der Waals surface area contributed by atoms with Gasteiger partial charge in [-0.2, -0.15) is 0 Å². The van der Waals surface area contributed by atoms with Crippen molar-refractivity contribution in [1.29, 1.82) is 0 Å². The Bertz CT molecular complexity index is 663. The minimum Gasteiger partial charge on any atom is -0.467 e. The Balaban J connectivity index is 1.30. The predicted molar refractivity (Wildman–Crippen MR) is 103 cm³/mol. The van der Waals surface area contributed by atoms with Gasteiger partial charge in [-0.1, -0.05) is 25.2 Å². The van der Waals surface area contributed by atoms with Crippen molar-refractivity contribution >= 4 is 23.0 Å². The van der Waals surface area contributed by atoms with Crippen LogP contribution in [0.3, 0.4) is 0 Å². The Morgan fingerprint density at radius 1 is 1.48 bits per heavy atom. The third kappa shape index (κ3) is 5.49. The average molecular weight is 396 g/mol. The van der Waals surface area contributed by atoms with E-state index < -0.39 is 6.10 Å². The standard InChI is InChI=1S/C19H29N3O4S/c1-11(2)21-8-12(23)10-26-19-22-9-16(27-19)18(25)20-7-3-4-13-14-5-6-15(24)17(13)14/h9,11-14,17,21,23H,3-8,10H2,1-2H3,(H,20,25). The monoisotopic (exact) mass is 395 g/mol. The van der Waals surface area contributed by atoms with Crippen molar-refractivity contribution in [2.45, 2.75) is 51.7 Å². The van der Waals surface area contributed by atoms with Gasteiger partial charge >= 0.3 is 0 Å². The molecule has 1 heterocycles. The molecule has 0 saturated heterocycles. The SMILES string of the molecule is CC(C)NCC(O)COc1ncc(C(=O)NCCCC2C3CCC(=O)C23)s1. The maximum atomic E-state index is 12.2. The molecular weight excluding hydrogens is 366 g/mol. The number of hydrogen-bond donors (Lipinski definition) is 3. The lowest BCUT2D eigenvalue weighted by Crippen LogP contribution is -2.35. The number of thiazole rings is 1. The van der Waals surface area contributed by atoms with E-state index in [2.05, 4.69) is 15.6 Å². The zero-order valence-corrected chi connectivity index (χ0v) is 16.8. The summed E-state index contributed by atoms with van der Waals surface area (Å²) in [5.74, 6) is 1.80. The summed E-state index contributed by atoms with van der Waals surface area (Å²) < 4.78 is 5.45. The fourth-order valence-electron chi connectivity index (χ4n) is 3.84. The minimum atomic E-state index is -0.623. The van der Waals surface area contributed by atoms with Crippen LogP contribution in [-0.4, -0.2) is 53.6 Å². The number of aliphatic hydroxyl groups excluding tert-OH is 1. The van der Waals surface area contributed by atoms with E-state index in [-0.39, 0.29) is 12.5 Å². The van der Waals surface area contributed by atoms with E-state index in [4.69, 9.17) is 4.74 Å². The second kappa shape index (κ2) is 9.12. The molecule has 1 aromatic heterocycles. The number of nitrogens with one attached hydrogen (secondary N) is 2. The smallest absolute Gasteiger partial charge is 0.273 e.